The van der Waals surface area contributed by atoms with Gasteiger partial charge in [-0.1, -0.05) is 97.1 Å². The summed E-state index contributed by atoms with van der Waals surface area (Å²) in [5.41, 5.74) is 5.64. The number of nitrogens with zero attached hydrogens (tertiary/aromatic N) is 4. The number of ether oxygens (including phenoxy) is 2. The van der Waals surface area contributed by atoms with Gasteiger partial charge in [-0.05, 0) is 52.0 Å². The number of benzene rings is 4. The van der Waals surface area contributed by atoms with Gasteiger partial charge in [-0.15, -0.1) is 0 Å². The van der Waals surface area contributed by atoms with Gasteiger partial charge in [-0.3, -0.25) is 29.8 Å². The first-order valence-electron chi connectivity index (χ1n) is 17.2. The Hall–Kier alpha value is -6.82. The molecule has 12 heteroatoms. The maximum atomic E-state index is 13.2. The molecule has 0 bridgehead atoms. The Labute approximate surface area is 312 Å². The highest BCUT2D eigenvalue weighted by atomic mass is 16.5. The van der Waals surface area contributed by atoms with Gasteiger partial charge in [-0.2, -0.15) is 0 Å². The molecule has 0 aliphatic rings. The minimum atomic E-state index is -0.732. The van der Waals surface area contributed by atoms with E-state index in [1.54, 1.807) is 13.8 Å². The summed E-state index contributed by atoms with van der Waals surface area (Å²) in [6.45, 7) is 6.92. The lowest BCUT2D eigenvalue weighted by atomic mass is 10.0. The second kappa shape index (κ2) is 17.6. The van der Waals surface area contributed by atoms with E-state index in [1.165, 1.54) is 23.6 Å². The molecule has 0 saturated carbocycles. The molecule has 0 amide bonds. The first-order chi connectivity index (χ1) is 26.0. The Balaban J connectivity index is 0.000000208. The maximum Gasteiger partial charge on any atom is 0.330 e. The van der Waals surface area contributed by atoms with Crippen LogP contribution < -0.4 is 11.1 Å². The van der Waals surface area contributed by atoms with E-state index >= 15 is 0 Å². The minimum absolute atomic E-state index is 0.224. The van der Waals surface area contributed by atoms with Crippen LogP contribution in [-0.2, 0) is 19.1 Å². The zero-order valence-corrected chi connectivity index (χ0v) is 30.9. The predicted molar refractivity (Wildman–Crippen MR) is 209 cm³/mol. The van der Waals surface area contributed by atoms with E-state index < -0.39 is 24.0 Å². The zero-order chi connectivity index (χ0) is 38.8. The van der Waals surface area contributed by atoms with Gasteiger partial charge in [0.1, 0.15) is 12.1 Å². The molecule has 0 radical (unpaired) electrons. The second-order valence-corrected chi connectivity index (χ2v) is 12.3. The average Bonchev–Trinajstić information content (AvgIpc) is 3.68. The van der Waals surface area contributed by atoms with E-state index in [0.717, 1.165) is 22.5 Å². The Morgan fingerprint density at radius 3 is 1.13 bits per heavy atom. The summed E-state index contributed by atoms with van der Waals surface area (Å²) in [6.07, 6.45) is 0. The molecule has 0 saturated heterocycles. The molecule has 2 aromatic heterocycles. The molecule has 6 aromatic rings. The fraction of sp³-hybridized carbons (Fsp3) is 0.190. The lowest BCUT2D eigenvalue weighted by Gasteiger charge is -2.09. The molecule has 0 aliphatic heterocycles. The Morgan fingerprint density at radius 2 is 0.833 bits per heavy atom. The molecule has 12 nitrogen and oxygen atoms in total. The van der Waals surface area contributed by atoms with E-state index in [-0.39, 0.29) is 11.1 Å². The Morgan fingerprint density at radius 1 is 0.537 bits per heavy atom. The predicted octanol–water partition coefficient (Wildman–Crippen LogP) is 5.75. The maximum absolute atomic E-state index is 13.2. The Kier molecular flexibility index (Phi) is 12.5. The van der Waals surface area contributed by atoms with Gasteiger partial charge in [0.05, 0.1) is 48.1 Å². The monoisotopic (exact) mass is 726 g/mol. The number of nitrogens with one attached hydrogen (secondary N) is 2. The number of rotatable bonds is 10. The second-order valence-electron chi connectivity index (χ2n) is 12.3. The van der Waals surface area contributed by atoms with Gasteiger partial charge in [0, 0.05) is 22.5 Å². The number of H-pyrrole nitrogens is 2. The van der Waals surface area contributed by atoms with Crippen molar-refractivity contribution in [2.75, 3.05) is 14.2 Å². The van der Waals surface area contributed by atoms with E-state index in [0.29, 0.717) is 33.9 Å². The molecule has 2 atom stereocenters. The van der Waals surface area contributed by atoms with Crippen molar-refractivity contribution in [2.24, 2.45) is 9.98 Å². The third-order valence-corrected chi connectivity index (χ3v) is 8.47. The molecule has 2 heterocycles. The van der Waals surface area contributed by atoms with Gasteiger partial charge in [0.15, 0.2) is 0 Å². The summed E-state index contributed by atoms with van der Waals surface area (Å²) in [5, 5.41) is 6.21. The summed E-state index contributed by atoms with van der Waals surface area (Å²) in [4.78, 5) is 59.1. The number of aryl methyl sites for hydroxylation is 2. The van der Waals surface area contributed by atoms with Gasteiger partial charge in [-0.25, -0.2) is 19.0 Å². The highest BCUT2D eigenvalue weighted by Gasteiger charge is 2.23. The zero-order valence-electron chi connectivity index (χ0n) is 30.9. The third kappa shape index (κ3) is 8.61. The van der Waals surface area contributed by atoms with Crippen molar-refractivity contribution < 1.29 is 19.1 Å². The van der Waals surface area contributed by atoms with Crippen molar-refractivity contribution in [3.8, 4) is 11.4 Å². The quantitative estimate of drug-likeness (QED) is 0.136. The summed E-state index contributed by atoms with van der Waals surface area (Å²) in [7, 11) is 2.64. The number of carbonyl (C=O) groups is 2. The van der Waals surface area contributed by atoms with Crippen LogP contribution in [0.2, 0.25) is 0 Å². The molecular formula is C42H42N6O6. The molecule has 276 valence electrons. The normalized spacial score (nSPS) is 12.6. The van der Waals surface area contributed by atoms with Crippen molar-refractivity contribution in [1.29, 1.82) is 0 Å². The SMILES string of the molecule is COC(=O)[C@H](C)N=C(c1ccccc1)c1c(C)[nH]n(-c2ccccc2)c1=O.COC(=O)[C@H](C)N=C(c1ccccc1)c1c(C)[nH]n(-c2ccccc2)c1=O. The number of esters is 2. The summed E-state index contributed by atoms with van der Waals surface area (Å²) >= 11 is 0. The number of aliphatic imine (C=N–C) groups is 2. The van der Waals surface area contributed by atoms with Crippen LogP contribution in [0.5, 0.6) is 0 Å². The number of aromatic nitrogens is 4. The molecule has 6 rings (SSSR count). The van der Waals surface area contributed by atoms with Crippen LogP contribution in [0.3, 0.4) is 0 Å². The fourth-order valence-corrected chi connectivity index (χ4v) is 5.76. The summed E-state index contributed by atoms with van der Waals surface area (Å²) in [5.74, 6) is -0.917. The standard InChI is InChI=1S/2C21H21N3O3/c2*1-14-18(20(25)24(23-14)17-12-8-5-9-13-17)19(16-10-6-4-7-11-16)22-15(2)21(26)27-3/h2*4-13,15,23H,1-3H3/t2*15-/m00/s1. The van der Waals surface area contributed by atoms with E-state index in [1.807, 2.05) is 135 Å². The average molecular weight is 727 g/mol. The number of carbonyl (C=O) groups excluding carboxylic acids is 2. The fourth-order valence-electron chi connectivity index (χ4n) is 5.76. The van der Waals surface area contributed by atoms with E-state index in [2.05, 4.69) is 20.2 Å². The molecular weight excluding hydrogens is 684 g/mol. The summed E-state index contributed by atoms with van der Waals surface area (Å²) in [6, 6.07) is 35.8. The van der Waals surface area contributed by atoms with Crippen LogP contribution in [0.4, 0.5) is 0 Å². The van der Waals surface area contributed by atoms with Crippen LogP contribution in [0.1, 0.15) is 47.5 Å². The molecule has 0 aliphatic carbocycles. The largest absolute Gasteiger partial charge is 0.467 e. The van der Waals surface area contributed by atoms with E-state index in [4.69, 9.17) is 9.47 Å². The van der Waals surface area contributed by atoms with Crippen molar-refractivity contribution >= 4 is 23.4 Å². The lowest BCUT2D eigenvalue weighted by molar-refractivity contribution is -0.142. The number of hydrogen-bond acceptors (Lipinski definition) is 8. The van der Waals surface area contributed by atoms with Gasteiger partial charge in [0.25, 0.3) is 11.1 Å². The van der Waals surface area contributed by atoms with Crippen molar-refractivity contribution in [1.82, 2.24) is 19.6 Å². The number of para-hydroxylation sites is 2. The third-order valence-electron chi connectivity index (χ3n) is 8.47. The van der Waals surface area contributed by atoms with Crippen LogP contribution >= 0.6 is 0 Å². The van der Waals surface area contributed by atoms with Gasteiger partial charge < -0.3 is 9.47 Å². The number of aromatic amines is 2. The van der Waals surface area contributed by atoms with Crippen molar-refractivity contribution in [3.63, 3.8) is 0 Å². The summed E-state index contributed by atoms with van der Waals surface area (Å²) < 4.78 is 12.5. The highest BCUT2D eigenvalue weighted by Crippen LogP contribution is 2.16. The van der Waals surface area contributed by atoms with Crippen molar-refractivity contribution in [3.05, 3.63) is 176 Å². The van der Waals surface area contributed by atoms with Crippen LogP contribution in [0.25, 0.3) is 11.4 Å². The van der Waals surface area contributed by atoms with Crippen LogP contribution in [0, 0.1) is 13.8 Å². The van der Waals surface area contributed by atoms with Crippen LogP contribution in [0.15, 0.2) is 141 Å². The van der Waals surface area contributed by atoms with Crippen molar-refractivity contribution in [2.45, 2.75) is 39.8 Å². The first kappa shape index (κ1) is 38.4. The van der Waals surface area contributed by atoms with Crippen LogP contribution in [-0.4, -0.2) is 69.2 Å². The van der Waals surface area contributed by atoms with Gasteiger partial charge >= 0.3 is 11.9 Å². The van der Waals surface area contributed by atoms with Gasteiger partial charge in [0.2, 0.25) is 0 Å². The number of hydrogen-bond donors (Lipinski definition) is 2. The van der Waals surface area contributed by atoms with E-state index in [9.17, 15) is 19.2 Å². The topological polar surface area (TPSA) is 153 Å². The molecule has 4 aromatic carbocycles. The Bertz CT molecular complexity index is 2200. The molecule has 2 N–H and O–H groups in total. The molecule has 0 spiro atoms. The lowest BCUT2D eigenvalue weighted by Crippen LogP contribution is -2.24. The molecule has 0 fully saturated rings. The highest BCUT2D eigenvalue weighted by molar-refractivity contribution is 6.14. The molecule has 54 heavy (non-hydrogen) atoms. The molecule has 0 unspecified atom stereocenters. The first-order valence-corrected chi connectivity index (χ1v) is 17.2. The number of methoxy groups -OCH3 is 2. The smallest absolute Gasteiger partial charge is 0.330 e. The minimum Gasteiger partial charge on any atom is -0.467 e.